The first-order valence-corrected chi connectivity index (χ1v) is 12.5. The number of hydrogen-bond donors (Lipinski definition) is 3. The highest BCUT2D eigenvalue weighted by molar-refractivity contribution is 14.1. The quantitative estimate of drug-likeness (QED) is 0.482. The zero-order valence-electron chi connectivity index (χ0n) is 18.8. The number of hydrogen-bond acceptors (Lipinski definition) is 5. The van der Waals surface area contributed by atoms with Crippen LogP contribution in [0.15, 0.2) is 24.3 Å². The molecule has 3 saturated carbocycles. The molecule has 3 aliphatic carbocycles. The molecule has 4 aliphatic rings. The van der Waals surface area contributed by atoms with Crippen LogP contribution in [0.25, 0.3) is 0 Å². The minimum absolute atomic E-state index is 0.108. The Balaban J connectivity index is 1.53. The molecule has 1 aromatic rings. The summed E-state index contributed by atoms with van der Waals surface area (Å²) in [7, 11) is 0. The normalized spacial score (nSPS) is 37.8. The second-order valence-electron chi connectivity index (χ2n) is 10.4. The first-order valence-electron chi connectivity index (χ1n) is 11.4. The molecule has 7 heteroatoms. The molecule has 5 rings (SSSR count). The highest BCUT2D eigenvalue weighted by Crippen LogP contribution is 2.61. The van der Waals surface area contributed by atoms with E-state index in [0.717, 1.165) is 15.6 Å². The van der Waals surface area contributed by atoms with Crippen molar-refractivity contribution in [3.05, 3.63) is 33.4 Å². The Morgan fingerprint density at radius 2 is 2.13 bits per heavy atom. The van der Waals surface area contributed by atoms with Crippen LogP contribution in [0.4, 0.5) is 0 Å². The average Bonchev–Trinajstić information content (AvgIpc) is 3.07. The van der Waals surface area contributed by atoms with Crippen LogP contribution in [0.2, 0.25) is 0 Å². The number of benzene rings is 1. The van der Waals surface area contributed by atoms with Crippen LogP contribution >= 0.6 is 22.6 Å². The summed E-state index contributed by atoms with van der Waals surface area (Å²) < 4.78 is 1.11. The number of hydroxylamine groups is 2. The lowest BCUT2D eigenvalue weighted by Crippen LogP contribution is -2.62. The van der Waals surface area contributed by atoms with E-state index in [0.29, 0.717) is 29.7 Å². The van der Waals surface area contributed by atoms with Crippen molar-refractivity contribution < 1.29 is 19.8 Å². The first-order chi connectivity index (χ1) is 14.6. The molecule has 2 unspecified atom stereocenters. The predicted molar refractivity (Wildman–Crippen MR) is 127 cm³/mol. The number of nitrogens with zero attached hydrogens (tertiary/aromatic N) is 1. The topological polar surface area (TPSA) is 82.0 Å². The van der Waals surface area contributed by atoms with E-state index in [4.69, 9.17) is 4.84 Å². The van der Waals surface area contributed by atoms with Crippen LogP contribution in [0.5, 0.6) is 0 Å². The van der Waals surface area contributed by atoms with Crippen molar-refractivity contribution in [2.45, 2.75) is 71.4 Å². The second kappa shape index (κ2) is 8.89. The summed E-state index contributed by atoms with van der Waals surface area (Å²) in [4.78, 5) is 19.6. The molecular weight excluding hydrogens is 507 g/mol. The summed E-state index contributed by atoms with van der Waals surface area (Å²) in [5.74, 6) is 1.12. The van der Waals surface area contributed by atoms with E-state index in [1.54, 1.807) is 12.0 Å². The van der Waals surface area contributed by atoms with Gasteiger partial charge in [0.05, 0.1) is 19.3 Å². The summed E-state index contributed by atoms with van der Waals surface area (Å²) in [5, 5.41) is 25.3. The highest BCUT2D eigenvalue weighted by atomic mass is 127. The summed E-state index contributed by atoms with van der Waals surface area (Å²) in [5.41, 5.74) is 1.39. The number of aliphatic hydroxyl groups is 2. The van der Waals surface area contributed by atoms with Crippen molar-refractivity contribution in [1.29, 1.82) is 0 Å². The van der Waals surface area contributed by atoms with Gasteiger partial charge in [0, 0.05) is 15.5 Å². The van der Waals surface area contributed by atoms with E-state index < -0.39 is 24.2 Å². The maximum atomic E-state index is 13.6. The monoisotopic (exact) mass is 542 g/mol. The van der Waals surface area contributed by atoms with Gasteiger partial charge in [-0.1, -0.05) is 32.9 Å². The fourth-order valence-corrected chi connectivity index (χ4v) is 6.91. The summed E-state index contributed by atoms with van der Waals surface area (Å²) >= 11 is 2.27. The van der Waals surface area contributed by atoms with Gasteiger partial charge in [0.2, 0.25) is 5.91 Å². The molecule has 0 radical (unpaired) electrons. The van der Waals surface area contributed by atoms with E-state index >= 15 is 0 Å². The van der Waals surface area contributed by atoms with Crippen LogP contribution in [-0.2, 0) is 16.2 Å². The number of carbonyl (C=O) groups is 1. The highest BCUT2D eigenvalue weighted by Gasteiger charge is 2.57. The number of rotatable bonds is 6. The molecule has 1 amide bonds. The molecule has 1 saturated heterocycles. The van der Waals surface area contributed by atoms with Crippen molar-refractivity contribution in [3.8, 4) is 0 Å². The Bertz CT molecular complexity index is 817. The molecule has 8 atom stereocenters. The van der Waals surface area contributed by atoms with Gasteiger partial charge in [-0.15, -0.1) is 0 Å². The lowest BCUT2D eigenvalue weighted by atomic mass is 9.45. The number of nitrogens with one attached hydrogen (secondary N) is 1. The van der Waals surface area contributed by atoms with E-state index in [1.807, 2.05) is 18.2 Å². The summed E-state index contributed by atoms with van der Waals surface area (Å²) in [6.45, 7) is 8.82. The van der Waals surface area contributed by atoms with Crippen molar-refractivity contribution in [1.82, 2.24) is 10.4 Å². The van der Waals surface area contributed by atoms with Crippen molar-refractivity contribution in [2.24, 2.45) is 29.1 Å². The Kier molecular flexibility index (Phi) is 6.72. The molecule has 0 aromatic heterocycles. The van der Waals surface area contributed by atoms with Crippen LogP contribution < -0.4 is 5.32 Å². The minimum Gasteiger partial charge on any atom is -0.394 e. The number of carbonyl (C=O) groups excluding carboxylic acids is 1. The zero-order chi connectivity index (χ0) is 22.5. The van der Waals surface area contributed by atoms with Gasteiger partial charge in [-0.05, 0) is 83.2 Å². The first kappa shape index (κ1) is 23.4. The molecule has 172 valence electrons. The lowest BCUT2D eigenvalue weighted by molar-refractivity contribution is -0.183. The van der Waals surface area contributed by atoms with Crippen LogP contribution in [0.1, 0.15) is 46.1 Å². The average molecular weight is 542 g/mol. The molecule has 31 heavy (non-hydrogen) atoms. The molecule has 0 spiro atoms. The molecule has 6 nitrogen and oxygen atoms in total. The lowest BCUT2D eigenvalue weighted by Gasteiger charge is -2.62. The number of halogens is 1. The molecule has 4 fully saturated rings. The third-order valence-corrected chi connectivity index (χ3v) is 8.96. The van der Waals surface area contributed by atoms with Crippen LogP contribution in [0, 0.1) is 32.7 Å². The van der Waals surface area contributed by atoms with Gasteiger partial charge in [-0.3, -0.25) is 9.63 Å². The van der Waals surface area contributed by atoms with Gasteiger partial charge in [0.25, 0.3) is 0 Å². The largest absolute Gasteiger partial charge is 0.394 e. The predicted octanol–water partition coefficient (Wildman–Crippen LogP) is 2.95. The Labute approximate surface area is 198 Å². The number of aliphatic hydroxyl groups excluding tert-OH is 2. The van der Waals surface area contributed by atoms with Gasteiger partial charge in [-0.25, -0.2) is 0 Å². The Hall–Kier alpha value is -0.740. The van der Waals surface area contributed by atoms with Gasteiger partial charge in [0.1, 0.15) is 12.1 Å². The number of fused-ring (bicyclic) bond motifs is 2. The molecular formula is C24H35IN2O4. The minimum atomic E-state index is -0.773. The van der Waals surface area contributed by atoms with Gasteiger partial charge in [0.15, 0.2) is 0 Å². The SMILES string of the molecule is C[C@H](O)[C@@H]1C(CO)ON(Cc2cccc(I)c2)[C@@H]1C(=O)NC1C[C@H]2C[C@@H]([C@@H]1C)C2(C)C. The molecule has 3 N–H and O–H groups in total. The van der Waals surface area contributed by atoms with Gasteiger partial charge >= 0.3 is 0 Å². The van der Waals surface area contributed by atoms with Crippen molar-refractivity contribution in [3.63, 3.8) is 0 Å². The third kappa shape index (κ3) is 4.28. The van der Waals surface area contributed by atoms with Crippen molar-refractivity contribution in [2.75, 3.05) is 6.61 Å². The standard InChI is InChI=1S/C24H35IN2O4/c1-13-18-9-16(24(18,3)4)10-19(13)26-23(30)22-21(14(2)29)20(12-28)31-27(22)11-15-6-5-7-17(25)8-15/h5-8,13-14,16,18-22,28-29H,9-12H2,1-4H3,(H,26,30)/t13-,14-,16+,18-,19?,20?,21+,22-/m0/s1. The van der Waals surface area contributed by atoms with E-state index in [1.165, 1.54) is 6.42 Å². The van der Waals surface area contributed by atoms with Crippen molar-refractivity contribution >= 4 is 28.5 Å². The molecule has 1 heterocycles. The molecule has 2 bridgehead atoms. The fourth-order valence-electron chi connectivity index (χ4n) is 6.30. The summed E-state index contributed by atoms with van der Waals surface area (Å²) in [6.07, 6.45) is 0.887. The smallest absolute Gasteiger partial charge is 0.240 e. The van der Waals surface area contributed by atoms with Gasteiger partial charge in [-0.2, -0.15) is 5.06 Å². The van der Waals surface area contributed by atoms with E-state index in [9.17, 15) is 15.0 Å². The van der Waals surface area contributed by atoms with Crippen LogP contribution in [-0.4, -0.2) is 52.1 Å². The van der Waals surface area contributed by atoms with E-state index in [-0.39, 0.29) is 18.6 Å². The maximum Gasteiger partial charge on any atom is 0.240 e. The Morgan fingerprint density at radius 3 is 2.71 bits per heavy atom. The van der Waals surface area contributed by atoms with Gasteiger partial charge < -0.3 is 15.5 Å². The van der Waals surface area contributed by atoms with E-state index in [2.05, 4.69) is 54.7 Å². The zero-order valence-corrected chi connectivity index (χ0v) is 21.0. The summed E-state index contributed by atoms with van der Waals surface area (Å²) in [6, 6.07) is 7.56. The third-order valence-electron chi connectivity index (χ3n) is 8.29. The molecule has 1 aliphatic heterocycles. The maximum absolute atomic E-state index is 13.6. The second-order valence-corrected chi connectivity index (χ2v) is 11.6. The van der Waals surface area contributed by atoms with Crippen LogP contribution in [0.3, 0.4) is 0 Å². The Morgan fingerprint density at radius 1 is 1.39 bits per heavy atom. The fraction of sp³-hybridized carbons (Fsp3) is 0.708. The molecule has 1 aromatic carbocycles. The number of amides is 1.